The predicted molar refractivity (Wildman–Crippen MR) is 142 cm³/mol. The molecule has 0 atom stereocenters. The van der Waals surface area contributed by atoms with E-state index in [4.69, 9.17) is 0 Å². The third kappa shape index (κ3) is 21.5. The van der Waals surface area contributed by atoms with Gasteiger partial charge in [-0.1, -0.05) is 75.4 Å². The third-order valence-corrected chi connectivity index (χ3v) is 6.51. The summed E-state index contributed by atoms with van der Waals surface area (Å²) >= 11 is 7.60. The number of unbranched alkanes of at least 4 members (excludes halogenated alkanes) is 12. The molecule has 4 nitrogen and oxygen atoms in total. The van der Waals surface area contributed by atoms with Crippen molar-refractivity contribution in [3.05, 3.63) is 11.1 Å². The molecule has 0 aromatic heterocycles. The molecule has 0 saturated carbocycles. The summed E-state index contributed by atoms with van der Waals surface area (Å²) in [4.78, 5) is 21.6. The molecule has 0 amide bonds. The van der Waals surface area contributed by atoms with E-state index >= 15 is 0 Å². The van der Waals surface area contributed by atoms with Crippen LogP contribution < -0.4 is 0 Å². The standard InChI is InChI=1S/C26H48O4S2/c27-21-19-23(15-11-7-3-1-5-9-13-17-25(29)31)24(20-22-28)16-12-8-4-2-6-10-14-18-26(30)32/h27-28H,1-22H2,(H,29,31)(H,30,32)/b24-23-. The number of aliphatic hydroxyl groups is 2. The van der Waals surface area contributed by atoms with Crippen molar-refractivity contribution in [2.75, 3.05) is 13.2 Å². The van der Waals surface area contributed by atoms with Crippen LogP contribution in [-0.2, 0) is 9.59 Å². The maximum absolute atomic E-state index is 10.8. The maximum Gasteiger partial charge on any atom is 0.185 e. The Balaban J connectivity index is 4.09. The summed E-state index contributed by atoms with van der Waals surface area (Å²) in [6.45, 7) is 0.367. The van der Waals surface area contributed by atoms with Crippen LogP contribution in [0.3, 0.4) is 0 Å². The molecule has 0 aromatic carbocycles. The summed E-state index contributed by atoms with van der Waals surface area (Å²) in [5.74, 6) is 0. The minimum absolute atomic E-state index is 0.00876. The molecule has 6 heteroatoms. The predicted octanol–water partition coefficient (Wildman–Crippen LogP) is 6.98. The Labute approximate surface area is 207 Å². The van der Waals surface area contributed by atoms with E-state index in [2.05, 4.69) is 25.3 Å². The van der Waals surface area contributed by atoms with E-state index < -0.39 is 0 Å². The summed E-state index contributed by atoms with van der Waals surface area (Å²) in [5, 5.41) is 19.0. The van der Waals surface area contributed by atoms with Gasteiger partial charge in [-0.15, -0.1) is 25.3 Å². The van der Waals surface area contributed by atoms with E-state index in [1.54, 1.807) is 0 Å². The molecule has 0 aliphatic heterocycles. The number of rotatable bonds is 24. The highest BCUT2D eigenvalue weighted by molar-refractivity contribution is 7.96. The smallest absolute Gasteiger partial charge is 0.185 e. The van der Waals surface area contributed by atoms with Crippen molar-refractivity contribution < 1.29 is 19.8 Å². The Kier molecular flexibility index (Phi) is 23.6. The summed E-state index contributed by atoms with van der Waals surface area (Å²) in [6.07, 6.45) is 20.8. The molecule has 0 aliphatic carbocycles. The molecule has 0 aromatic rings. The largest absolute Gasteiger partial charge is 0.396 e. The van der Waals surface area contributed by atoms with Crippen LogP contribution in [0.1, 0.15) is 128 Å². The fourth-order valence-corrected chi connectivity index (χ4v) is 4.54. The van der Waals surface area contributed by atoms with Crippen molar-refractivity contribution in [3.8, 4) is 0 Å². The first-order chi connectivity index (χ1) is 15.5. The Morgan fingerprint density at radius 2 is 0.656 bits per heavy atom. The zero-order valence-corrected chi connectivity index (χ0v) is 22.0. The molecule has 0 saturated heterocycles. The molecule has 0 heterocycles. The van der Waals surface area contributed by atoms with Crippen molar-refractivity contribution in [3.63, 3.8) is 0 Å². The Hall–Kier alpha value is -0.300. The number of hydrogen-bond donors (Lipinski definition) is 4. The number of hydrogen-bond acceptors (Lipinski definition) is 4. The van der Waals surface area contributed by atoms with Gasteiger partial charge < -0.3 is 10.2 Å². The number of carbonyl (C=O) groups is 2. The van der Waals surface area contributed by atoms with Crippen LogP contribution in [-0.4, -0.2) is 33.7 Å². The molecule has 32 heavy (non-hydrogen) atoms. The molecule has 2 N–H and O–H groups in total. The second-order valence-electron chi connectivity index (χ2n) is 8.89. The van der Waals surface area contributed by atoms with Gasteiger partial charge in [0, 0.05) is 26.1 Å². The molecular weight excluding hydrogens is 440 g/mol. The number of thiol groups is 2. The average Bonchev–Trinajstić information content (AvgIpc) is 2.75. The number of carbonyl (C=O) groups excluding carboxylic acids is 2. The molecule has 0 fully saturated rings. The highest BCUT2D eigenvalue weighted by atomic mass is 32.1. The van der Waals surface area contributed by atoms with Crippen LogP contribution >= 0.6 is 25.3 Å². The van der Waals surface area contributed by atoms with Crippen molar-refractivity contribution in [1.29, 1.82) is 0 Å². The highest BCUT2D eigenvalue weighted by Gasteiger charge is 2.07. The lowest BCUT2D eigenvalue weighted by molar-refractivity contribution is -0.111. The van der Waals surface area contributed by atoms with Gasteiger partial charge in [0.25, 0.3) is 0 Å². The molecular formula is C26H48O4S2. The molecule has 0 radical (unpaired) electrons. The van der Waals surface area contributed by atoms with Crippen molar-refractivity contribution >= 4 is 35.5 Å². The minimum Gasteiger partial charge on any atom is -0.396 e. The van der Waals surface area contributed by atoms with E-state index in [1.807, 2.05) is 0 Å². The van der Waals surface area contributed by atoms with Gasteiger partial charge in [-0.25, -0.2) is 0 Å². The quantitative estimate of drug-likeness (QED) is 0.0671. The molecule has 188 valence electrons. The van der Waals surface area contributed by atoms with Gasteiger partial charge in [-0.2, -0.15) is 0 Å². The average molecular weight is 489 g/mol. The van der Waals surface area contributed by atoms with E-state index in [-0.39, 0.29) is 23.4 Å². The summed E-state index contributed by atoms with van der Waals surface area (Å²) in [6, 6.07) is 0. The van der Waals surface area contributed by atoms with Gasteiger partial charge in [0.2, 0.25) is 0 Å². The van der Waals surface area contributed by atoms with Gasteiger partial charge in [0.15, 0.2) is 10.2 Å². The monoisotopic (exact) mass is 488 g/mol. The lowest BCUT2D eigenvalue weighted by Crippen LogP contribution is -2.00. The van der Waals surface area contributed by atoms with Crippen molar-refractivity contribution in [2.24, 2.45) is 0 Å². The summed E-state index contributed by atoms with van der Waals surface area (Å²) < 4.78 is 0. The van der Waals surface area contributed by atoms with Gasteiger partial charge in [0.1, 0.15) is 0 Å². The zero-order valence-electron chi connectivity index (χ0n) is 20.2. The van der Waals surface area contributed by atoms with E-state index in [1.165, 1.54) is 62.5 Å². The van der Waals surface area contributed by atoms with Crippen LogP contribution in [0.15, 0.2) is 11.1 Å². The summed E-state index contributed by atoms with van der Waals surface area (Å²) in [7, 11) is 0. The Morgan fingerprint density at radius 1 is 0.406 bits per heavy atom. The molecule has 0 unspecified atom stereocenters. The lowest BCUT2D eigenvalue weighted by Gasteiger charge is -2.15. The second kappa shape index (κ2) is 23.8. The van der Waals surface area contributed by atoms with Gasteiger partial charge >= 0.3 is 0 Å². The van der Waals surface area contributed by atoms with Crippen molar-refractivity contribution in [1.82, 2.24) is 0 Å². The third-order valence-electron chi connectivity index (χ3n) is 6.07. The molecule has 0 spiro atoms. The van der Waals surface area contributed by atoms with Crippen LogP contribution in [0.5, 0.6) is 0 Å². The first-order valence-corrected chi connectivity index (χ1v) is 13.8. The van der Waals surface area contributed by atoms with Crippen LogP contribution in [0, 0.1) is 0 Å². The Morgan fingerprint density at radius 3 is 0.906 bits per heavy atom. The second-order valence-corrected chi connectivity index (χ2v) is 9.89. The number of aliphatic hydroxyl groups excluding tert-OH is 2. The Bertz CT molecular complexity index is 462. The fraction of sp³-hybridized carbons (Fsp3) is 0.846. The van der Waals surface area contributed by atoms with Crippen molar-refractivity contribution in [2.45, 2.75) is 128 Å². The molecule has 0 rings (SSSR count). The molecule has 0 bridgehead atoms. The van der Waals surface area contributed by atoms with Gasteiger partial charge in [-0.05, 0) is 51.4 Å². The normalized spacial score (nSPS) is 12.1. The van der Waals surface area contributed by atoms with Crippen LogP contribution in [0.25, 0.3) is 0 Å². The van der Waals surface area contributed by atoms with Gasteiger partial charge in [-0.3, -0.25) is 9.59 Å². The summed E-state index contributed by atoms with van der Waals surface area (Å²) in [5.41, 5.74) is 2.73. The van der Waals surface area contributed by atoms with Gasteiger partial charge in [0.05, 0.1) is 0 Å². The maximum atomic E-state index is 10.8. The van der Waals surface area contributed by atoms with E-state index in [0.717, 1.165) is 64.2 Å². The molecule has 0 aliphatic rings. The van der Waals surface area contributed by atoms with E-state index in [9.17, 15) is 19.8 Å². The SMILES string of the molecule is O=C(S)CCCCCCCCC/C(CCO)=C(/CCO)CCCCCCCCCC(=O)S. The first kappa shape index (κ1) is 31.7. The topological polar surface area (TPSA) is 74.6 Å². The van der Waals surface area contributed by atoms with Crippen LogP contribution in [0.2, 0.25) is 0 Å². The minimum atomic E-state index is -0.00876. The highest BCUT2D eigenvalue weighted by Crippen LogP contribution is 2.25. The lowest BCUT2D eigenvalue weighted by atomic mass is 9.92. The first-order valence-electron chi connectivity index (χ1n) is 12.9. The zero-order chi connectivity index (χ0) is 23.9. The van der Waals surface area contributed by atoms with E-state index in [0.29, 0.717) is 12.8 Å². The van der Waals surface area contributed by atoms with Crippen LogP contribution in [0.4, 0.5) is 0 Å². The fourth-order valence-electron chi connectivity index (χ4n) is 4.22.